The Balaban J connectivity index is 2.26. The molecule has 0 spiro atoms. The molecule has 4 heteroatoms. The van der Waals surface area contributed by atoms with Crippen molar-refractivity contribution in [3.8, 4) is 0 Å². The standard InChI is InChI=1S/C12H14N2O2/c1-2-13-12(16)9-3-5-10-8(7-9)4-6-11(15)14-10/h3,5,7H,2,4,6H2,1H3,(H,13,16)(H,14,15). The minimum Gasteiger partial charge on any atom is -0.352 e. The summed E-state index contributed by atoms with van der Waals surface area (Å²) in [5, 5.41) is 5.54. The third-order valence-corrected chi connectivity index (χ3v) is 2.60. The summed E-state index contributed by atoms with van der Waals surface area (Å²) in [6, 6.07) is 5.37. The van der Waals surface area contributed by atoms with Crippen LogP contribution in [0.5, 0.6) is 0 Å². The fourth-order valence-electron chi connectivity index (χ4n) is 1.79. The summed E-state index contributed by atoms with van der Waals surface area (Å²) in [5.41, 5.74) is 2.50. The van der Waals surface area contributed by atoms with Crippen molar-refractivity contribution in [2.75, 3.05) is 11.9 Å². The van der Waals surface area contributed by atoms with Crippen LogP contribution in [-0.4, -0.2) is 18.4 Å². The van der Waals surface area contributed by atoms with E-state index in [1.807, 2.05) is 13.0 Å². The molecule has 0 bridgehead atoms. The molecule has 84 valence electrons. The molecule has 0 fully saturated rings. The zero-order valence-electron chi connectivity index (χ0n) is 9.17. The zero-order valence-corrected chi connectivity index (χ0v) is 9.17. The van der Waals surface area contributed by atoms with E-state index in [0.717, 1.165) is 11.3 Å². The third-order valence-electron chi connectivity index (χ3n) is 2.60. The van der Waals surface area contributed by atoms with Crippen molar-refractivity contribution in [1.82, 2.24) is 5.32 Å². The number of rotatable bonds is 2. The number of hydrogen-bond acceptors (Lipinski definition) is 2. The molecule has 2 rings (SSSR count). The fourth-order valence-corrected chi connectivity index (χ4v) is 1.79. The van der Waals surface area contributed by atoms with E-state index in [9.17, 15) is 9.59 Å². The monoisotopic (exact) mass is 218 g/mol. The van der Waals surface area contributed by atoms with Crippen LogP contribution in [0, 0.1) is 0 Å². The molecule has 1 aliphatic heterocycles. The van der Waals surface area contributed by atoms with Crippen LogP contribution in [0.1, 0.15) is 29.3 Å². The Morgan fingerprint density at radius 1 is 1.44 bits per heavy atom. The predicted molar refractivity (Wildman–Crippen MR) is 61.4 cm³/mol. The van der Waals surface area contributed by atoms with E-state index in [-0.39, 0.29) is 11.8 Å². The second-order valence-corrected chi connectivity index (χ2v) is 3.78. The van der Waals surface area contributed by atoms with Gasteiger partial charge in [-0.2, -0.15) is 0 Å². The van der Waals surface area contributed by atoms with Gasteiger partial charge in [-0.15, -0.1) is 0 Å². The van der Waals surface area contributed by atoms with E-state index < -0.39 is 0 Å². The number of anilines is 1. The van der Waals surface area contributed by atoms with Crippen molar-refractivity contribution in [2.24, 2.45) is 0 Å². The molecule has 1 heterocycles. The lowest BCUT2D eigenvalue weighted by Crippen LogP contribution is -2.24. The highest BCUT2D eigenvalue weighted by Crippen LogP contribution is 2.23. The number of fused-ring (bicyclic) bond motifs is 1. The molecular formula is C12H14N2O2. The van der Waals surface area contributed by atoms with Crippen LogP contribution >= 0.6 is 0 Å². The molecule has 1 aliphatic rings. The molecule has 0 unspecified atom stereocenters. The van der Waals surface area contributed by atoms with Crippen LogP contribution in [0.3, 0.4) is 0 Å². The van der Waals surface area contributed by atoms with Crippen molar-refractivity contribution in [2.45, 2.75) is 19.8 Å². The molecule has 2 amide bonds. The summed E-state index contributed by atoms with van der Waals surface area (Å²) in [7, 11) is 0. The third kappa shape index (κ3) is 2.05. The topological polar surface area (TPSA) is 58.2 Å². The molecule has 0 atom stereocenters. The minimum atomic E-state index is -0.0674. The lowest BCUT2D eigenvalue weighted by molar-refractivity contribution is -0.116. The Morgan fingerprint density at radius 2 is 2.25 bits per heavy atom. The number of nitrogens with one attached hydrogen (secondary N) is 2. The molecule has 2 N–H and O–H groups in total. The van der Waals surface area contributed by atoms with Gasteiger partial charge in [0.1, 0.15) is 0 Å². The normalized spacial score (nSPS) is 13.9. The van der Waals surface area contributed by atoms with E-state index in [0.29, 0.717) is 24.9 Å². The molecule has 0 aliphatic carbocycles. The summed E-state index contributed by atoms with van der Waals surface area (Å²) >= 11 is 0. The van der Waals surface area contributed by atoms with Gasteiger partial charge < -0.3 is 10.6 Å². The van der Waals surface area contributed by atoms with Gasteiger partial charge in [0.05, 0.1) is 0 Å². The van der Waals surface area contributed by atoms with Gasteiger partial charge in [0.25, 0.3) is 5.91 Å². The number of carbonyl (C=O) groups excluding carboxylic acids is 2. The summed E-state index contributed by atoms with van der Waals surface area (Å²) < 4.78 is 0. The van der Waals surface area contributed by atoms with Crippen molar-refractivity contribution in [3.05, 3.63) is 29.3 Å². The summed E-state index contributed by atoms with van der Waals surface area (Å²) in [4.78, 5) is 22.8. The van der Waals surface area contributed by atoms with Gasteiger partial charge in [0.2, 0.25) is 5.91 Å². The molecule has 0 aromatic heterocycles. The van der Waals surface area contributed by atoms with Gasteiger partial charge in [-0.3, -0.25) is 9.59 Å². The Morgan fingerprint density at radius 3 is 3.00 bits per heavy atom. The average molecular weight is 218 g/mol. The fraction of sp³-hybridized carbons (Fsp3) is 0.333. The first-order chi connectivity index (χ1) is 7.70. The quantitative estimate of drug-likeness (QED) is 0.786. The predicted octanol–water partition coefficient (Wildman–Crippen LogP) is 1.32. The molecule has 0 saturated heterocycles. The highest BCUT2D eigenvalue weighted by atomic mass is 16.2. The molecular weight excluding hydrogens is 204 g/mol. The maximum atomic E-state index is 11.6. The summed E-state index contributed by atoms with van der Waals surface area (Å²) in [6.07, 6.45) is 1.19. The largest absolute Gasteiger partial charge is 0.352 e. The van der Waals surface area contributed by atoms with E-state index in [2.05, 4.69) is 10.6 Å². The van der Waals surface area contributed by atoms with Crippen molar-refractivity contribution in [3.63, 3.8) is 0 Å². The Bertz CT molecular complexity index is 441. The van der Waals surface area contributed by atoms with E-state index in [1.54, 1.807) is 12.1 Å². The van der Waals surface area contributed by atoms with Crippen molar-refractivity contribution >= 4 is 17.5 Å². The maximum Gasteiger partial charge on any atom is 0.251 e. The van der Waals surface area contributed by atoms with E-state index in [4.69, 9.17) is 0 Å². The van der Waals surface area contributed by atoms with E-state index in [1.165, 1.54) is 0 Å². The van der Waals surface area contributed by atoms with Gasteiger partial charge in [-0.05, 0) is 37.1 Å². The summed E-state index contributed by atoms with van der Waals surface area (Å²) in [5.74, 6) is -0.0274. The number of hydrogen-bond donors (Lipinski definition) is 2. The zero-order chi connectivity index (χ0) is 11.5. The lowest BCUT2D eigenvalue weighted by Gasteiger charge is -2.17. The lowest BCUT2D eigenvalue weighted by atomic mass is 10.00. The first kappa shape index (κ1) is 10.7. The van der Waals surface area contributed by atoms with Gasteiger partial charge in [-0.25, -0.2) is 0 Å². The number of carbonyl (C=O) groups is 2. The van der Waals surface area contributed by atoms with Gasteiger partial charge in [0, 0.05) is 24.2 Å². The van der Waals surface area contributed by atoms with Gasteiger partial charge in [-0.1, -0.05) is 0 Å². The second-order valence-electron chi connectivity index (χ2n) is 3.78. The summed E-state index contributed by atoms with van der Waals surface area (Å²) in [6.45, 7) is 2.50. The minimum absolute atomic E-state index is 0.0401. The second kappa shape index (κ2) is 4.35. The highest BCUT2D eigenvalue weighted by Gasteiger charge is 2.16. The van der Waals surface area contributed by atoms with Crippen molar-refractivity contribution in [1.29, 1.82) is 0 Å². The maximum absolute atomic E-state index is 11.6. The van der Waals surface area contributed by atoms with Crippen LogP contribution in [0.4, 0.5) is 5.69 Å². The average Bonchev–Trinajstić information content (AvgIpc) is 2.28. The van der Waals surface area contributed by atoms with Crippen LogP contribution in [0.25, 0.3) is 0 Å². The Kier molecular flexibility index (Phi) is 2.90. The highest BCUT2D eigenvalue weighted by molar-refractivity contribution is 5.97. The number of amides is 2. The SMILES string of the molecule is CCNC(=O)c1ccc2c(c1)CCC(=O)N2. The number of aryl methyl sites for hydroxylation is 1. The number of benzene rings is 1. The molecule has 16 heavy (non-hydrogen) atoms. The molecule has 4 nitrogen and oxygen atoms in total. The van der Waals surface area contributed by atoms with Crippen LogP contribution in [0.15, 0.2) is 18.2 Å². The van der Waals surface area contributed by atoms with Gasteiger partial charge in [0.15, 0.2) is 0 Å². The smallest absolute Gasteiger partial charge is 0.251 e. The first-order valence-corrected chi connectivity index (χ1v) is 5.41. The molecule has 1 aromatic carbocycles. The van der Waals surface area contributed by atoms with Crippen molar-refractivity contribution < 1.29 is 9.59 Å². The molecule has 1 aromatic rings. The van der Waals surface area contributed by atoms with E-state index >= 15 is 0 Å². The Hall–Kier alpha value is -1.84. The first-order valence-electron chi connectivity index (χ1n) is 5.41. The Labute approximate surface area is 94.0 Å². The van der Waals surface area contributed by atoms with Crippen LogP contribution in [-0.2, 0) is 11.2 Å². The van der Waals surface area contributed by atoms with Crippen LogP contribution in [0.2, 0.25) is 0 Å². The van der Waals surface area contributed by atoms with Crippen LogP contribution < -0.4 is 10.6 Å². The molecule has 0 radical (unpaired) electrons. The van der Waals surface area contributed by atoms with Gasteiger partial charge >= 0.3 is 0 Å². The molecule has 0 saturated carbocycles.